The molecule has 2 rings (SSSR count). The van der Waals surface area contributed by atoms with E-state index in [-0.39, 0.29) is 11.8 Å². The Bertz CT molecular complexity index is 387. The second-order valence-corrected chi connectivity index (χ2v) is 4.10. The summed E-state index contributed by atoms with van der Waals surface area (Å²) in [6, 6.07) is 0. The van der Waals surface area contributed by atoms with Crippen molar-refractivity contribution in [3.05, 3.63) is 11.5 Å². The highest BCUT2D eigenvalue weighted by molar-refractivity contribution is 5.45. The Hall–Kier alpha value is -1.43. The number of aryl methyl sites for hydroxylation is 1. The summed E-state index contributed by atoms with van der Waals surface area (Å²) in [4.78, 5) is 11.9. The SMILES string of the molecule is Cc1nc(N)nc(N2CCN(C)CC2)c1F. The van der Waals surface area contributed by atoms with Gasteiger partial charge < -0.3 is 15.5 Å². The molecule has 0 unspecified atom stereocenters. The molecule has 0 saturated carbocycles. The van der Waals surface area contributed by atoms with Crippen LogP contribution in [0.4, 0.5) is 16.2 Å². The first kappa shape index (κ1) is 11.1. The minimum Gasteiger partial charge on any atom is -0.368 e. The number of piperazine rings is 1. The number of aromatic nitrogens is 2. The number of nitrogen functional groups attached to an aromatic ring is 1. The van der Waals surface area contributed by atoms with Crippen LogP contribution in [0.25, 0.3) is 0 Å². The lowest BCUT2D eigenvalue weighted by Crippen LogP contribution is -2.45. The normalized spacial score (nSPS) is 17.8. The zero-order valence-electron chi connectivity index (χ0n) is 9.57. The number of rotatable bonds is 1. The molecule has 0 bridgehead atoms. The van der Waals surface area contributed by atoms with E-state index in [1.54, 1.807) is 6.92 Å². The zero-order chi connectivity index (χ0) is 11.7. The first-order chi connectivity index (χ1) is 7.58. The maximum atomic E-state index is 13.8. The Balaban J connectivity index is 2.26. The lowest BCUT2D eigenvalue weighted by atomic mass is 10.3. The molecule has 1 aromatic heterocycles. The lowest BCUT2D eigenvalue weighted by Gasteiger charge is -2.33. The highest BCUT2D eigenvalue weighted by Gasteiger charge is 2.20. The van der Waals surface area contributed by atoms with Gasteiger partial charge in [-0.1, -0.05) is 0 Å². The Kier molecular flexibility index (Phi) is 2.91. The van der Waals surface area contributed by atoms with Gasteiger partial charge in [-0.05, 0) is 14.0 Å². The van der Waals surface area contributed by atoms with Crippen LogP contribution in [0.1, 0.15) is 5.69 Å². The Labute approximate surface area is 94.1 Å². The Morgan fingerprint density at radius 3 is 2.44 bits per heavy atom. The van der Waals surface area contributed by atoms with Crippen LogP contribution in [0.2, 0.25) is 0 Å². The molecule has 0 aliphatic carbocycles. The van der Waals surface area contributed by atoms with Crippen LogP contribution in [0.3, 0.4) is 0 Å². The van der Waals surface area contributed by atoms with E-state index in [4.69, 9.17) is 5.73 Å². The molecule has 1 aromatic rings. The van der Waals surface area contributed by atoms with Crippen molar-refractivity contribution in [2.24, 2.45) is 0 Å². The molecule has 2 N–H and O–H groups in total. The first-order valence-corrected chi connectivity index (χ1v) is 5.31. The molecule has 1 aliphatic heterocycles. The van der Waals surface area contributed by atoms with Gasteiger partial charge in [-0.3, -0.25) is 0 Å². The quantitative estimate of drug-likeness (QED) is 0.743. The predicted octanol–water partition coefficient (Wildman–Crippen LogP) is 0.258. The summed E-state index contributed by atoms with van der Waals surface area (Å²) in [5.74, 6) is 0.102. The number of likely N-dealkylation sites (N-methyl/N-ethyl adjacent to an activating group) is 1. The van der Waals surface area contributed by atoms with Gasteiger partial charge in [0, 0.05) is 26.2 Å². The van der Waals surface area contributed by atoms with E-state index in [0.29, 0.717) is 11.5 Å². The van der Waals surface area contributed by atoms with E-state index in [1.165, 1.54) is 0 Å². The van der Waals surface area contributed by atoms with Crippen LogP contribution in [-0.4, -0.2) is 48.1 Å². The molecule has 88 valence electrons. The summed E-state index contributed by atoms with van der Waals surface area (Å²) < 4.78 is 13.8. The monoisotopic (exact) mass is 225 g/mol. The summed E-state index contributed by atoms with van der Waals surface area (Å²) >= 11 is 0. The molecule has 1 aliphatic rings. The van der Waals surface area contributed by atoms with Crippen LogP contribution >= 0.6 is 0 Å². The molecule has 0 radical (unpaired) electrons. The van der Waals surface area contributed by atoms with Crippen molar-refractivity contribution in [3.8, 4) is 0 Å². The highest BCUT2D eigenvalue weighted by Crippen LogP contribution is 2.20. The van der Waals surface area contributed by atoms with E-state index in [9.17, 15) is 4.39 Å². The van der Waals surface area contributed by atoms with E-state index >= 15 is 0 Å². The number of anilines is 2. The third-order valence-corrected chi connectivity index (χ3v) is 2.82. The van der Waals surface area contributed by atoms with Gasteiger partial charge in [-0.2, -0.15) is 4.98 Å². The maximum Gasteiger partial charge on any atom is 0.222 e. The Morgan fingerprint density at radius 2 is 1.81 bits per heavy atom. The predicted molar refractivity (Wildman–Crippen MR) is 60.8 cm³/mol. The molecule has 0 amide bonds. The summed E-state index contributed by atoms with van der Waals surface area (Å²) in [5, 5.41) is 0. The smallest absolute Gasteiger partial charge is 0.222 e. The minimum atomic E-state index is -0.362. The molecular formula is C10H16FN5. The van der Waals surface area contributed by atoms with Crippen molar-refractivity contribution < 1.29 is 4.39 Å². The van der Waals surface area contributed by atoms with Crippen molar-refractivity contribution >= 4 is 11.8 Å². The van der Waals surface area contributed by atoms with Crippen molar-refractivity contribution in [2.75, 3.05) is 43.9 Å². The largest absolute Gasteiger partial charge is 0.368 e. The fraction of sp³-hybridized carbons (Fsp3) is 0.600. The van der Waals surface area contributed by atoms with Crippen molar-refractivity contribution in [1.29, 1.82) is 0 Å². The molecule has 1 fully saturated rings. The van der Waals surface area contributed by atoms with Crippen molar-refractivity contribution in [2.45, 2.75) is 6.92 Å². The Morgan fingerprint density at radius 1 is 1.19 bits per heavy atom. The van der Waals surface area contributed by atoms with Crippen molar-refractivity contribution in [3.63, 3.8) is 0 Å². The summed E-state index contributed by atoms with van der Waals surface area (Å²) in [5.41, 5.74) is 5.84. The van der Waals surface area contributed by atoms with Gasteiger partial charge in [-0.25, -0.2) is 9.37 Å². The van der Waals surface area contributed by atoms with Gasteiger partial charge in [0.25, 0.3) is 0 Å². The molecular weight excluding hydrogens is 209 g/mol. The average molecular weight is 225 g/mol. The molecule has 2 heterocycles. The van der Waals surface area contributed by atoms with Gasteiger partial charge in [0.15, 0.2) is 11.6 Å². The minimum absolute atomic E-state index is 0.132. The van der Waals surface area contributed by atoms with Crippen LogP contribution in [0.5, 0.6) is 0 Å². The van der Waals surface area contributed by atoms with Gasteiger partial charge in [-0.15, -0.1) is 0 Å². The third-order valence-electron chi connectivity index (χ3n) is 2.82. The van der Waals surface area contributed by atoms with E-state index < -0.39 is 0 Å². The zero-order valence-corrected chi connectivity index (χ0v) is 9.57. The number of halogens is 1. The van der Waals surface area contributed by atoms with E-state index in [0.717, 1.165) is 26.2 Å². The van der Waals surface area contributed by atoms with Gasteiger partial charge in [0.1, 0.15) is 0 Å². The van der Waals surface area contributed by atoms with Crippen LogP contribution < -0.4 is 10.6 Å². The molecule has 0 spiro atoms. The second kappa shape index (κ2) is 4.21. The molecule has 5 nitrogen and oxygen atoms in total. The number of nitrogens with zero attached hydrogens (tertiary/aromatic N) is 4. The number of hydrogen-bond acceptors (Lipinski definition) is 5. The van der Waals surface area contributed by atoms with Gasteiger partial charge in [0.05, 0.1) is 5.69 Å². The maximum absolute atomic E-state index is 13.8. The summed E-state index contributed by atoms with van der Waals surface area (Å²) in [6.07, 6.45) is 0. The van der Waals surface area contributed by atoms with Crippen LogP contribution in [-0.2, 0) is 0 Å². The van der Waals surface area contributed by atoms with Gasteiger partial charge in [0.2, 0.25) is 5.95 Å². The lowest BCUT2D eigenvalue weighted by molar-refractivity contribution is 0.310. The second-order valence-electron chi connectivity index (χ2n) is 4.10. The molecule has 16 heavy (non-hydrogen) atoms. The number of hydrogen-bond donors (Lipinski definition) is 1. The van der Waals surface area contributed by atoms with Gasteiger partial charge >= 0.3 is 0 Å². The third kappa shape index (κ3) is 2.06. The van der Waals surface area contributed by atoms with Crippen LogP contribution in [0, 0.1) is 12.7 Å². The fourth-order valence-electron chi connectivity index (χ4n) is 1.79. The number of nitrogens with two attached hydrogens (primary N) is 1. The molecule has 1 saturated heterocycles. The first-order valence-electron chi connectivity index (χ1n) is 5.31. The molecule has 6 heteroatoms. The van der Waals surface area contributed by atoms with Crippen molar-refractivity contribution in [1.82, 2.24) is 14.9 Å². The topological polar surface area (TPSA) is 58.3 Å². The summed E-state index contributed by atoms with van der Waals surface area (Å²) in [6.45, 7) is 4.95. The highest BCUT2D eigenvalue weighted by atomic mass is 19.1. The fourth-order valence-corrected chi connectivity index (χ4v) is 1.79. The van der Waals surface area contributed by atoms with E-state index in [2.05, 4.69) is 14.9 Å². The van der Waals surface area contributed by atoms with E-state index in [1.807, 2.05) is 11.9 Å². The molecule has 0 atom stereocenters. The average Bonchev–Trinajstić information content (AvgIpc) is 2.25. The molecule has 0 aromatic carbocycles. The summed E-state index contributed by atoms with van der Waals surface area (Å²) in [7, 11) is 2.05. The standard InChI is InChI=1S/C10H16FN5/c1-7-8(11)9(14-10(12)13-7)16-5-3-15(2)4-6-16/h3-6H2,1-2H3,(H2,12,13,14). The van der Waals surface area contributed by atoms with Crippen LogP contribution in [0.15, 0.2) is 0 Å².